The van der Waals surface area contributed by atoms with Crippen LogP contribution >= 0.6 is 0 Å². The van der Waals surface area contributed by atoms with Crippen LogP contribution in [0.15, 0.2) is 60.7 Å². The highest BCUT2D eigenvalue weighted by Gasteiger charge is 2.42. The topological polar surface area (TPSA) is 83.7 Å². The van der Waals surface area contributed by atoms with Crippen LogP contribution in [0.4, 0.5) is 0 Å². The molecule has 3 rings (SSSR count). The lowest BCUT2D eigenvalue weighted by molar-refractivity contribution is -0.468. The number of amides is 1. The molecule has 136 valence electrons. The van der Waals surface area contributed by atoms with E-state index in [2.05, 4.69) is 0 Å². The SMILES string of the molecule is O=C(C[N+](=O)[O-])N1CCC(C(O)(c2ccccc2)c2ccccc2)CC1. The van der Waals surface area contributed by atoms with Crippen LogP contribution in [0, 0.1) is 16.0 Å². The molecule has 26 heavy (non-hydrogen) atoms. The van der Waals surface area contributed by atoms with Crippen LogP contribution in [0.2, 0.25) is 0 Å². The molecule has 0 unspecified atom stereocenters. The molecular formula is C20H22N2O4. The highest BCUT2D eigenvalue weighted by atomic mass is 16.6. The van der Waals surface area contributed by atoms with Crippen molar-refractivity contribution in [2.45, 2.75) is 18.4 Å². The quantitative estimate of drug-likeness (QED) is 0.660. The van der Waals surface area contributed by atoms with E-state index in [0.717, 1.165) is 11.1 Å². The summed E-state index contributed by atoms with van der Waals surface area (Å²) in [5, 5.41) is 22.3. The number of aliphatic hydroxyl groups is 1. The Balaban J connectivity index is 1.84. The van der Waals surface area contributed by atoms with Crippen LogP contribution in [-0.4, -0.2) is 40.5 Å². The monoisotopic (exact) mass is 354 g/mol. The molecule has 0 atom stereocenters. The summed E-state index contributed by atoms with van der Waals surface area (Å²) in [6, 6.07) is 19.1. The van der Waals surface area contributed by atoms with Crippen molar-refractivity contribution in [2.24, 2.45) is 5.92 Å². The van der Waals surface area contributed by atoms with Gasteiger partial charge in [0.25, 0.3) is 12.5 Å². The molecule has 0 aromatic heterocycles. The number of rotatable bonds is 5. The fraction of sp³-hybridized carbons (Fsp3) is 0.350. The van der Waals surface area contributed by atoms with Gasteiger partial charge >= 0.3 is 0 Å². The molecule has 1 heterocycles. The molecule has 0 spiro atoms. The first-order chi connectivity index (χ1) is 12.5. The van der Waals surface area contributed by atoms with Gasteiger partial charge in [-0.3, -0.25) is 14.9 Å². The predicted octanol–water partition coefficient (Wildman–Crippen LogP) is 2.44. The molecule has 1 N–H and O–H groups in total. The van der Waals surface area contributed by atoms with Crippen molar-refractivity contribution in [3.63, 3.8) is 0 Å². The van der Waals surface area contributed by atoms with Crippen molar-refractivity contribution in [2.75, 3.05) is 19.6 Å². The molecule has 6 nitrogen and oxygen atoms in total. The van der Waals surface area contributed by atoms with Crippen LogP contribution in [0.25, 0.3) is 0 Å². The summed E-state index contributed by atoms with van der Waals surface area (Å²) in [4.78, 5) is 23.4. The van der Waals surface area contributed by atoms with E-state index in [-0.39, 0.29) is 5.92 Å². The largest absolute Gasteiger partial charge is 0.380 e. The molecule has 0 bridgehead atoms. The Morgan fingerprint density at radius 3 is 1.92 bits per heavy atom. The smallest absolute Gasteiger partial charge is 0.294 e. The van der Waals surface area contributed by atoms with E-state index in [4.69, 9.17) is 0 Å². The van der Waals surface area contributed by atoms with Crippen molar-refractivity contribution in [3.8, 4) is 0 Å². The number of nitro groups is 1. The van der Waals surface area contributed by atoms with Crippen LogP contribution < -0.4 is 0 Å². The van der Waals surface area contributed by atoms with E-state index in [9.17, 15) is 20.0 Å². The second-order valence-corrected chi connectivity index (χ2v) is 6.64. The summed E-state index contributed by atoms with van der Waals surface area (Å²) in [6.45, 7) is 0.158. The summed E-state index contributed by atoms with van der Waals surface area (Å²) < 4.78 is 0. The number of likely N-dealkylation sites (tertiary alicyclic amines) is 1. The Hall–Kier alpha value is -2.73. The molecule has 0 radical (unpaired) electrons. The number of piperidine rings is 1. The van der Waals surface area contributed by atoms with Crippen LogP contribution in [0.5, 0.6) is 0 Å². The van der Waals surface area contributed by atoms with Crippen molar-refractivity contribution < 1.29 is 14.8 Å². The zero-order chi connectivity index (χ0) is 18.6. The first-order valence-corrected chi connectivity index (χ1v) is 8.75. The Morgan fingerprint density at radius 2 is 1.50 bits per heavy atom. The van der Waals surface area contributed by atoms with Crippen molar-refractivity contribution in [1.82, 2.24) is 4.90 Å². The zero-order valence-corrected chi connectivity index (χ0v) is 14.5. The maximum absolute atomic E-state index is 11.9. The molecule has 6 heteroatoms. The maximum atomic E-state index is 11.9. The van der Waals surface area contributed by atoms with Gasteiger partial charge in [-0.15, -0.1) is 0 Å². The van der Waals surface area contributed by atoms with E-state index in [0.29, 0.717) is 25.9 Å². The fourth-order valence-corrected chi connectivity index (χ4v) is 3.78. The van der Waals surface area contributed by atoms with Crippen LogP contribution in [0.3, 0.4) is 0 Å². The van der Waals surface area contributed by atoms with Gasteiger partial charge in [-0.2, -0.15) is 0 Å². The predicted molar refractivity (Wildman–Crippen MR) is 97.0 cm³/mol. The number of carbonyl (C=O) groups excluding carboxylic acids is 1. The van der Waals surface area contributed by atoms with E-state index in [1.54, 1.807) is 0 Å². The number of nitrogens with zero attached hydrogens (tertiary/aromatic N) is 2. The summed E-state index contributed by atoms with van der Waals surface area (Å²) in [7, 11) is 0. The molecular weight excluding hydrogens is 332 g/mol. The molecule has 1 aliphatic heterocycles. The molecule has 1 amide bonds. The van der Waals surface area contributed by atoms with Gasteiger partial charge < -0.3 is 10.0 Å². The second-order valence-electron chi connectivity index (χ2n) is 6.64. The highest BCUT2D eigenvalue weighted by molar-refractivity contribution is 5.77. The van der Waals surface area contributed by atoms with E-state index < -0.39 is 23.0 Å². The number of carbonyl (C=O) groups is 1. The molecule has 1 aliphatic rings. The van der Waals surface area contributed by atoms with Crippen LogP contribution in [0.1, 0.15) is 24.0 Å². The van der Waals surface area contributed by atoms with E-state index in [1.807, 2.05) is 60.7 Å². The first kappa shape index (κ1) is 18.1. The van der Waals surface area contributed by atoms with Gasteiger partial charge in [0.2, 0.25) is 0 Å². The average molecular weight is 354 g/mol. The minimum atomic E-state index is -1.15. The molecule has 0 aliphatic carbocycles. The third-order valence-corrected chi connectivity index (χ3v) is 5.13. The molecule has 1 saturated heterocycles. The second kappa shape index (κ2) is 7.66. The first-order valence-electron chi connectivity index (χ1n) is 8.75. The van der Waals surface area contributed by atoms with Gasteiger partial charge in [-0.05, 0) is 29.9 Å². The van der Waals surface area contributed by atoms with Crippen molar-refractivity contribution >= 4 is 5.91 Å². The molecule has 0 saturated carbocycles. The third-order valence-electron chi connectivity index (χ3n) is 5.13. The van der Waals surface area contributed by atoms with Crippen molar-refractivity contribution in [1.29, 1.82) is 0 Å². The normalized spacial score (nSPS) is 15.7. The minimum absolute atomic E-state index is 0.0769. The van der Waals surface area contributed by atoms with Gasteiger partial charge in [0.15, 0.2) is 0 Å². The van der Waals surface area contributed by atoms with Gasteiger partial charge in [0.05, 0.1) is 0 Å². The Labute approximate surface area is 152 Å². The van der Waals surface area contributed by atoms with E-state index >= 15 is 0 Å². The summed E-state index contributed by atoms with van der Waals surface area (Å²) in [5.41, 5.74) is 0.489. The Kier molecular flexibility index (Phi) is 5.32. The van der Waals surface area contributed by atoms with Gasteiger partial charge in [-0.25, -0.2) is 0 Å². The highest BCUT2D eigenvalue weighted by Crippen LogP contribution is 2.41. The molecule has 1 fully saturated rings. The summed E-state index contributed by atoms with van der Waals surface area (Å²) in [5.74, 6) is -0.539. The lowest BCUT2D eigenvalue weighted by atomic mass is 9.72. The summed E-state index contributed by atoms with van der Waals surface area (Å²) in [6.07, 6.45) is 1.17. The fourth-order valence-electron chi connectivity index (χ4n) is 3.78. The Bertz CT molecular complexity index is 716. The van der Waals surface area contributed by atoms with Crippen LogP contribution in [-0.2, 0) is 10.4 Å². The van der Waals surface area contributed by atoms with Crippen molar-refractivity contribution in [3.05, 3.63) is 81.9 Å². The third kappa shape index (κ3) is 3.60. The number of hydrogen-bond acceptors (Lipinski definition) is 4. The zero-order valence-electron chi connectivity index (χ0n) is 14.5. The van der Waals surface area contributed by atoms with Gasteiger partial charge in [0.1, 0.15) is 5.60 Å². The molecule has 2 aromatic carbocycles. The lowest BCUT2D eigenvalue weighted by Gasteiger charge is -2.42. The van der Waals surface area contributed by atoms with Gasteiger partial charge in [-0.1, -0.05) is 60.7 Å². The maximum Gasteiger partial charge on any atom is 0.294 e. The standard InChI is InChI=1S/C20H22N2O4/c23-19(15-22(25)26)21-13-11-18(12-14-21)20(24,16-7-3-1-4-8-16)17-9-5-2-6-10-17/h1-10,18,24H,11-15H2. The van der Waals surface area contributed by atoms with Gasteiger partial charge in [0, 0.05) is 18.0 Å². The number of benzene rings is 2. The Morgan fingerprint density at radius 1 is 1.04 bits per heavy atom. The average Bonchev–Trinajstić information content (AvgIpc) is 2.68. The summed E-state index contributed by atoms with van der Waals surface area (Å²) >= 11 is 0. The molecule has 2 aromatic rings. The van der Waals surface area contributed by atoms with E-state index in [1.165, 1.54) is 4.90 Å². The number of hydrogen-bond donors (Lipinski definition) is 1. The minimum Gasteiger partial charge on any atom is -0.380 e. The lowest BCUT2D eigenvalue weighted by Crippen LogP contribution is -2.47.